The molecule has 0 saturated carbocycles. The first-order valence-electron chi connectivity index (χ1n) is 6.23. The fourth-order valence-corrected chi connectivity index (χ4v) is 2.36. The first kappa shape index (κ1) is 13.2. The molecule has 0 aromatic heterocycles. The molecule has 0 radical (unpaired) electrons. The van der Waals surface area contributed by atoms with E-state index in [1.165, 1.54) is 5.57 Å². The second-order valence-corrected chi connectivity index (χ2v) is 6.06. The van der Waals surface area contributed by atoms with Gasteiger partial charge in [-0.15, -0.1) is 0 Å². The fourth-order valence-electron chi connectivity index (χ4n) is 2.36. The van der Waals surface area contributed by atoms with E-state index in [2.05, 4.69) is 39.0 Å². The Hall–Kier alpha value is -0.850. The van der Waals surface area contributed by atoms with Gasteiger partial charge in [-0.2, -0.15) is 0 Å². The Morgan fingerprint density at radius 2 is 1.94 bits per heavy atom. The van der Waals surface area contributed by atoms with Crippen molar-refractivity contribution in [1.82, 2.24) is 0 Å². The Kier molecular flexibility index (Phi) is 4.12. The topological polar surface area (TPSA) is 17.1 Å². The summed E-state index contributed by atoms with van der Waals surface area (Å²) in [4.78, 5) is 12.3. The van der Waals surface area contributed by atoms with Crippen LogP contribution in [0.5, 0.6) is 0 Å². The maximum absolute atomic E-state index is 12.3. The quantitative estimate of drug-likeness (QED) is 0.698. The molecule has 0 bridgehead atoms. The maximum Gasteiger partial charge on any atom is 0.143 e. The van der Waals surface area contributed by atoms with Gasteiger partial charge in [0.05, 0.1) is 0 Å². The monoisotopic (exact) mass is 220 g/mol. The van der Waals surface area contributed by atoms with Crippen LogP contribution in [0.15, 0.2) is 23.8 Å². The highest BCUT2D eigenvalue weighted by Gasteiger charge is 2.34. The van der Waals surface area contributed by atoms with Crippen LogP contribution in [0.1, 0.15) is 47.5 Å². The minimum absolute atomic E-state index is 0.0262. The molecule has 1 aliphatic carbocycles. The van der Waals surface area contributed by atoms with E-state index in [-0.39, 0.29) is 17.3 Å². The van der Waals surface area contributed by atoms with Crippen LogP contribution in [-0.2, 0) is 4.79 Å². The lowest BCUT2D eigenvalue weighted by Gasteiger charge is -2.33. The molecular weight excluding hydrogens is 196 g/mol. The lowest BCUT2D eigenvalue weighted by atomic mass is 9.70. The highest BCUT2D eigenvalue weighted by Crippen LogP contribution is 2.37. The van der Waals surface area contributed by atoms with Crippen molar-refractivity contribution in [1.29, 1.82) is 0 Å². The van der Waals surface area contributed by atoms with Crippen LogP contribution >= 0.6 is 0 Å². The summed E-state index contributed by atoms with van der Waals surface area (Å²) in [6.07, 6.45) is 8.51. The van der Waals surface area contributed by atoms with E-state index in [0.29, 0.717) is 5.78 Å². The standard InChI is InChI=1S/C15H24O/c1-11(2)14(16)13(15(3,4)5)12-9-7-6-8-10-12/h6-7,9,11,13H,8,10H2,1-5H3/t13-/m1/s1. The Morgan fingerprint density at radius 3 is 2.31 bits per heavy atom. The van der Waals surface area contributed by atoms with Gasteiger partial charge in [0.1, 0.15) is 5.78 Å². The third-order valence-corrected chi connectivity index (χ3v) is 3.14. The van der Waals surface area contributed by atoms with Gasteiger partial charge in [0.25, 0.3) is 0 Å². The minimum atomic E-state index is 0.0262. The number of rotatable bonds is 3. The predicted octanol–water partition coefficient (Wildman–Crippen LogP) is 4.15. The van der Waals surface area contributed by atoms with Crippen LogP contribution in [-0.4, -0.2) is 5.78 Å². The van der Waals surface area contributed by atoms with E-state index in [0.717, 1.165) is 12.8 Å². The van der Waals surface area contributed by atoms with Crippen LogP contribution in [0.25, 0.3) is 0 Å². The predicted molar refractivity (Wildman–Crippen MR) is 69.2 cm³/mol. The number of ketones is 1. The minimum Gasteiger partial charge on any atom is -0.299 e. The zero-order chi connectivity index (χ0) is 12.3. The molecular formula is C15H24O. The smallest absolute Gasteiger partial charge is 0.143 e. The van der Waals surface area contributed by atoms with Gasteiger partial charge in [-0.05, 0) is 18.3 Å². The summed E-state index contributed by atoms with van der Waals surface area (Å²) in [6.45, 7) is 10.5. The molecule has 0 aromatic carbocycles. The molecule has 0 unspecified atom stereocenters. The normalized spacial score (nSPS) is 18.5. The molecule has 1 nitrogen and oxygen atoms in total. The number of hydrogen-bond acceptors (Lipinski definition) is 1. The highest BCUT2D eigenvalue weighted by molar-refractivity contribution is 5.86. The number of Topliss-reactive ketones (excluding diaryl/α,β-unsaturated/α-hetero) is 1. The van der Waals surface area contributed by atoms with Gasteiger partial charge in [0, 0.05) is 11.8 Å². The van der Waals surface area contributed by atoms with E-state index in [1.807, 2.05) is 13.8 Å². The number of allylic oxidation sites excluding steroid dienone is 4. The zero-order valence-electron chi connectivity index (χ0n) is 11.2. The lowest BCUT2D eigenvalue weighted by molar-refractivity contribution is -0.127. The summed E-state index contributed by atoms with van der Waals surface area (Å²) in [6, 6.07) is 0. The van der Waals surface area contributed by atoms with Gasteiger partial charge in [-0.25, -0.2) is 0 Å². The Balaban J connectivity index is 3.01. The molecule has 0 amide bonds. The molecule has 1 atom stereocenters. The summed E-state index contributed by atoms with van der Waals surface area (Å²) >= 11 is 0. The van der Waals surface area contributed by atoms with E-state index >= 15 is 0 Å². The zero-order valence-corrected chi connectivity index (χ0v) is 11.2. The van der Waals surface area contributed by atoms with Crippen molar-refractivity contribution in [2.24, 2.45) is 17.3 Å². The largest absolute Gasteiger partial charge is 0.299 e. The third kappa shape index (κ3) is 3.07. The van der Waals surface area contributed by atoms with E-state index in [4.69, 9.17) is 0 Å². The molecule has 0 fully saturated rings. The van der Waals surface area contributed by atoms with Gasteiger partial charge in [0.2, 0.25) is 0 Å². The van der Waals surface area contributed by atoms with Crippen LogP contribution in [0.3, 0.4) is 0 Å². The molecule has 0 N–H and O–H groups in total. The van der Waals surface area contributed by atoms with Crippen molar-refractivity contribution in [3.05, 3.63) is 23.8 Å². The van der Waals surface area contributed by atoms with Crippen molar-refractivity contribution in [2.75, 3.05) is 0 Å². The summed E-state index contributed by atoms with van der Waals surface area (Å²) < 4.78 is 0. The Labute approximate surface area is 99.6 Å². The molecule has 0 heterocycles. The summed E-state index contributed by atoms with van der Waals surface area (Å²) in [5, 5.41) is 0. The molecule has 0 aliphatic heterocycles. The maximum atomic E-state index is 12.3. The first-order chi connectivity index (χ1) is 7.34. The van der Waals surface area contributed by atoms with Crippen molar-refractivity contribution in [3.8, 4) is 0 Å². The molecule has 0 aromatic rings. The van der Waals surface area contributed by atoms with Crippen LogP contribution in [0, 0.1) is 17.3 Å². The summed E-state index contributed by atoms with van der Waals surface area (Å²) in [7, 11) is 0. The SMILES string of the molecule is CC(C)C(=O)[C@@H](C1=CC=CCC1)C(C)(C)C. The second kappa shape index (κ2) is 4.99. The molecule has 1 aliphatic rings. The van der Waals surface area contributed by atoms with Crippen molar-refractivity contribution >= 4 is 5.78 Å². The van der Waals surface area contributed by atoms with Crippen molar-refractivity contribution in [2.45, 2.75) is 47.5 Å². The summed E-state index contributed by atoms with van der Waals surface area (Å²) in [5.74, 6) is 0.586. The molecule has 0 spiro atoms. The van der Waals surface area contributed by atoms with Crippen LogP contribution < -0.4 is 0 Å². The average molecular weight is 220 g/mol. The Bertz CT molecular complexity index is 313. The summed E-state index contributed by atoms with van der Waals surface area (Å²) in [5.41, 5.74) is 1.34. The second-order valence-electron chi connectivity index (χ2n) is 6.06. The lowest BCUT2D eigenvalue weighted by Crippen LogP contribution is -2.33. The van der Waals surface area contributed by atoms with Crippen LogP contribution in [0.4, 0.5) is 0 Å². The number of hydrogen-bond donors (Lipinski definition) is 0. The molecule has 0 saturated heterocycles. The van der Waals surface area contributed by atoms with Gasteiger partial charge < -0.3 is 0 Å². The van der Waals surface area contributed by atoms with Gasteiger partial charge in [0.15, 0.2) is 0 Å². The van der Waals surface area contributed by atoms with Crippen molar-refractivity contribution in [3.63, 3.8) is 0 Å². The molecule has 1 rings (SSSR count). The van der Waals surface area contributed by atoms with Crippen molar-refractivity contribution < 1.29 is 4.79 Å². The molecule has 90 valence electrons. The molecule has 1 heteroatoms. The number of carbonyl (C=O) groups excluding carboxylic acids is 1. The van der Waals surface area contributed by atoms with Gasteiger partial charge in [-0.3, -0.25) is 4.79 Å². The number of carbonyl (C=O) groups is 1. The van der Waals surface area contributed by atoms with E-state index in [9.17, 15) is 4.79 Å². The Morgan fingerprint density at radius 1 is 1.31 bits per heavy atom. The molecule has 16 heavy (non-hydrogen) atoms. The van der Waals surface area contributed by atoms with E-state index in [1.54, 1.807) is 0 Å². The van der Waals surface area contributed by atoms with Gasteiger partial charge in [-0.1, -0.05) is 58.4 Å². The third-order valence-electron chi connectivity index (χ3n) is 3.14. The van der Waals surface area contributed by atoms with Gasteiger partial charge >= 0.3 is 0 Å². The van der Waals surface area contributed by atoms with Crippen LogP contribution in [0.2, 0.25) is 0 Å². The average Bonchev–Trinajstić information content (AvgIpc) is 2.17. The fraction of sp³-hybridized carbons (Fsp3) is 0.667. The highest BCUT2D eigenvalue weighted by atomic mass is 16.1. The first-order valence-corrected chi connectivity index (χ1v) is 6.23. The van der Waals surface area contributed by atoms with E-state index < -0.39 is 0 Å².